The zero-order valence-corrected chi connectivity index (χ0v) is 9.13. The summed E-state index contributed by atoms with van der Waals surface area (Å²) < 4.78 is 0. The lowest BCUT2D eigenvalue weighted by Gasteiger charge is -2.13. The third-order valence-electron chi connectivity index (χ3n) is 1.70. The highest BCUT2D eigenvalue weighted by Crippen LogP contribution is 1.98. The van der Waals surface area contributed by atoms with Crippen LogP contribution in [0.5, 0.6) is 0 Å². The second-order valence-electron chi connectivity index (χ2n) is 2.96. The Kier molecular flexibility index (Phi) is 6.31. The van der Waals surface area contributed by atoms with Crippen LogP contribution in [0.2, 0.25) is 0 Å². The van der Waals surface area contributed by atoms with Crippen LogP contribution >= 0.6 is 11.8 Å². The summed E-state index contributed by atoms with van der Waals surface area (Å²) in [6.45, 7) is 1.40. The minimum Gasteiger partial charge on any atom is -0.480 e. The smallest absolute Gasteiger partial charge is 0.325 e. The van der Waals surface area contributed by atoms with E-state index in [1.165, 1.54) is 6.92 Å². The number of hydrogen-bond acceptors (Lipinski definition) is 4. The number of hydrogen-bond donors (Lipinski definition) is 3. The van der Waals surface area contributed by atoms with Crippen molar-refractivity contribution in [3.05, 3.63) is 0 Å². The molecule has 0 aliphatic rings. The van der Waals surface area contributed by atoms with Crippen molar-refractivity contribution < 1.29 is 14.7 Å². The maximum Gasteiger partial charge on any atom is 0.325 e. The van der Waals surface area contributed by atoms with Crippen LogP contribution in [0.4, 0.5) is 0 Å². The third-order valence-corrected chi connectivity index (χ3v) is 2.34. The van der Waals surface area contributed by atoms with Gasteiger partial charge in [0.2, 0.25) is 5.91 Å². The molecule has 0 rings (SSSR count). The molecular weight excluding hydrogens is 204 g/mol. The summed E-state index contributed by atoms with van der Waals surface area (Å²) in [5, 5.41) is 10.8. The summed E-state index contributed by atoms with van der Waals surface area (Å²) >= 11 is 1.60. The van der Waals surface area contributed by atoms with E-state index in [4.69, 9.17) is 10.8 Å². The summed E-state index contributed by atoms with van der Waals surface area (Å²) in [4.78, 5) is 21.7. The van der Waals surface area contributed by atoms with Crippen LogP contribution in [-0.4, -0.2) is 41.1 Å². The van der Waals surface area contributed by atoms with Crippen LogP contribution in [0.15, 0.2) is 0 Å². The molecule has 4 N–H and O–H groups in total. The summed E-state index contributed by atoms with van der Waals surface area (Å²) in [6.07, 6.45) is 2.48. The van der Waals surface area contributed by atoms with Crippen LogP contribution in [-0.2, 0) is 9.59 Å². The van der Waals surface area contributed by atoms with Crippen LogP contribution in [0.1, 0.15) is 13.3 Å². The van der Waals surface area contributed by atoms with Gasteiger partial charge in [-0.05, 0) is 25.4 Å². The fourth-order valence-electron chi connectivity index (χ4n) is 0.758. The lowest BCUT2D eigenvalue weighted by atomic mass is 10.2. The minimum atomic E-state index is -1.06. The zero-order valence-electron chi connectivity index (χ0n) is 8.32. The van der Waals surface area contributed by atoms with E-state index in [0.717, 1.165) is 5.75 Å². The van der Waals surface area contributed by atoms with E-state index in [9.17, 15) is 9.59 Å². The normalized spacial score (nSPS) is 14.5. The van der Waals surface area contributed by atoms with E-state index < -0.39 is 24.0 Å². The molecule has 2 atom stereocenters. The van der Waals surface area contributed by atoms with Gasteiger partial charge in [0.05, 0.1) is 6.04 Å². The molecular formula is C8H16N2O3S. The lowest BCUT2D eigenvalue weighted by molar-refractivity contribution is -0.141. The summed E-state index contributed by atoms with van der Waals surface area (Å²) in [7, 11) is 0. The van der Waals surface area contributed by atoms with Crippen LogP contribution < -0.4 is 11.1 Å². The predicted octanol–water partition coefficient (Wildman–Crippen LogP) is -0.344. The van der Waals surface area contributed by atoms with E-state index >= 15 is 0 Å². The number of carbonyl (C=O) groups is 2. The number of carbonyl (C=O) groups excluding carboxylic acids is 1. The van der Waals surface area contributed by atoms with Crippen molar-refractivity contribution in [1.29, 1.82) is 0 Å². The van der Waals surface area contributed by atoms with Crippen molar-refractivity contribution in [3.63, 3.8) is 0 Å². The van der Waals surface area contributed by atoms with E-state index in [0.29, 0.717) is 6.42 Å². The number of carboxylic acid groups (broad SMARTS) is 1. The van der Waals surface area contributed by atoms with Crippen LogP contribution in [0.3, 0.4) is 0 Å². The van der Waals surface area contributed by atoms with Gasteiger partial charge in [-0.3, -0.25) is 9.59 Å². The van der Waals surface area contributed by atoms with Gasteiger partial charge in [-0.1, -0.05) is 0 Å². The molecule has 0 saturated carbocycles. The predicted molar refractivity (Wildman–Crippen MR) is 56.2 cm³/mol. The highest BCUT2D eigenvalue weighted by Gasteiger charge is 2.18. The molecule has 0 fully saturated rings. The maximum absolute atomic E-state index is 11.3. The molecule has 14 heavy (non-hydrogen) atoms. The molecule has 0 spiro atoms. The van der Waals surface area contributed by atoms with Crippen molar-refractivity contribution in [2.45, 2.75) is 25.4 Å². The number of rotatable bonds is 6. The van der Waals surface area contributed by atoms with Gasteiger partial charge in [0.15, 0.2) is 0 Å². The van der Waals surface area contributed by atoms with Crippen molar-refractivity contribution in [1.82, 2.24) is 5.32 Å². The highest BCUT2D eigenvalue weighted by molar-refractivity contribution is 7.98. The largest absolute Gasteiger partial charge is 0.480 e. The third kappa shape index (κ3) is 5.08. The Balaban J connectivity index is 3.88. The number of amides is 1. The Bertz CT molecular complexity index is 211. The van der Waals surface area contributed by atoms with E-state index in [-0.39, 0.29) is 0 Å². The molecule has 0 heterocycles. The Morgan fingerprint density at radius 1 is 1.57 bits per heavy atom. The Morgan fingerprint density at radius 3 is 2.57 bits per heavy atom. The molecule has 0 aromatic carbocycles. The molecule has 0 radical (unpaired) electrons. The number of aliphatic carboxylic acids is 1. The van der Waals surface area contributed by atoms with Gasteiger partial charge >= 0.3 is 5.97 Å². The molecule has 0 aromatic heterocycles. The number of thioether (sulfide) groups is 1. The first-order valence-electron chi connectivity index (χ1n) is 4.26. The first-order valence-corrected chi connectivity index (χ1v) is 5.66. The highest BCUT2D eigenvalue weighted by atomic mass is 32.2. The topological polar surface area (TPSA) is 92.4 Å². The van der Waals surface area contributed by atoms with E-state index in [1.54, 1.807) is 11.8 Å². The SMILES string of the molecule is CSCC[C@@H](N)C(=O)N[C@@H](C)C(=O)O. The van der Waals surface area contributed by atoms with Crippen LogP contribution in [0.25, 0.3) is 0 Å². The number of nitrogens with two attached hydrogens (primary N) is 1. The molecule has 1 amide bonds. The first kappa shape index (κ1) is 13.2. The molecule has 0 aromatic rings. The van der Waals surface area contributed by atoms with Gasteiger partial charge in [0.25, 0.3) is 0 Å². The average molecular weight is 220 g/mol. The van der Waals surface area contributed by atoms with Gasteiger partial charge in [0.1, 0.15) is 6.04 Å². The molecule has 6 heteroatoms. The Labute approximate surface area is 87.4 Å². The van der Waals surface area contributed by atoms with Gasteiger partial charge in [-0.2, -0.15) is 11.8 Å². The minimum absolute atomic E-state index is 0.408. The van der Waals surface area contributed by atoms with Crippen LogP contribution in [0, 0.1) is 0 Å². The van der Waals surface area contributed by atoms with Crippen molar-refractivity contribution in [2.24, 2.45) is 5.73 Å². The monoisotopic (exact) mass is 220 g/mol. The van der Waals surface area contributed by atoms with Gasteiger partial charge in [0, 0.05) is 0 Å². The standard InChI is InChI=1S/C8H16N2O3S/c1-5(8(12)13)10-7(11)6(9)3-4-14-2/h5-6H,3-4,9H2,1-2H3,(H,10,11)(H,12,13)/t5-,6+/m0/s1. The van der Waals surface area contributed by atoms with Gasteiger partial charge in [-0.25, -0.2) is 0 Å². The number of nitrogens with one attached hydrogen (secondary N) is 1. The maximum atomic E-state index is 11.3. The zero-order chi connectivity index (χ0) is 11.1. The second kappa shape index (κ2) is 6.67. The Morgan fingerprint density at radius 2 is 2.14 bits per heavy atom. The quantitative estimate of drug-likeness (QED) is 0.569. The molecule has 0 aliphatic carbocycles. The second-order valence-corrected chi connectivity index (χ2v) is 3.94. The van der Waals surface area contributed by atoms with E-state index in [2.05, 4.69) is 5.32 Å². The van der Waals surface area contributed by atoms with Crippen molar-refractivity contribution >= 4 is 23.6 Å². The summed E-state index contributed by atoms with van der Waals surface area (Å²) in [6, 6.07) is -1.51. The average Bonchev–Trinajstić information content (AvgIpc) is 2.13. The Hall–Kier alpha value is -0.750. The molecule has 82 valence electrons. The van der Waals surface area contributed by atoms with Gasteiger partial charge < -0.3 is 16.2 Å². The molecule has 0 bridgehead atoms. The number of carboxylic acids is 1. The van der Waals surface area contributed by atoms with Crippen molar-refractivity contribution in [3.8, 4) is 0 Å². The molecule has 0 unspecified atom stereocenters. The van der Waals surface area contributed by atoms with Gasteiger partial charge in [-0.15, -0.1) is 0 Å². The molecule has 0 aliphatic heterocycles. The fourth-order valence-corrected chi connectivity index (χ4v) is 1.25. The van der Waals surface area contributed by atoms with E-state index in [1.807, 2.05) is 6.26 Å². The molecule has 0 saturated heterocycles. The molecule has 5 nitrogen and oxygen atoms in total. The summed E-state index contributed by atoms with van der Waals surface area (Å²) in [5.41, 5.74) is 5.53. The first-order chi connectivity index (χ1) is 6.49. The lowest BCUT2D eigenvalue weighted by Crippen LogP contribution is -2.47. The van der Waals surface area contributed by atoms with Crippen molar-refractivity contribution in [2.75, 3.05) is 12.0 Å². The fraction of sp³-hybridized carbons (Fsp3) is 0.750. The summed E-state index contributed by atoms with van der Waals surface area (Å²) in [5.74, 6) is -0.680.